The van der Waals surface area contributed by atoms with E-state index in [1.54, 1.807) is 38.1 Å². The van der Waals surface area contributed by atoms with Crippen molar-refractivity contribution in [3.05, 3.63) is 70.6 Å². The molecule has 1 aliphatic heterocycles. The standard InChI is InChI=1S/C19H18FNO4/c1-3-14(22)16-17(15-9-4-11(2)25-15)21(19(24)18(16)23)10-12-5-7-13(20)8-6-12/h4-9,17,23H,3,10H2,1-2H3. The van der Waals surface area contributed by atoms with Gasteiger partial charge in [-0.3, -0.25) is 9.59 Å². The Morgan fingerprint density at radius 2 is 1.92 bits per heavy atom. The molecule has 2 aromatic rings. The molecule has 2 heterocycles. The zero-order chi connectivity index (χ0) is 18.1. The summed E-state index contributed by atoms with van der Waals surface area (Å²) in [6, 6.07) is 8.35. The van der Waals surface area contributed by atoms with E-state index < -0.39 is 17.7 Å². The fourth-order valence-corrected chi connectivity index (χ4v) is 2.97. The summed E-state index contributed by atoms with van der Waals surface area (Å²) in [5, 5.41) is 10.3. The highest BCUT2D eigenvalue weighted by Crippen LogP contribution is 2.39. The Morgan fingerprint density at radius 1 is 1.24 bits per heavy atom. The molecular weight excluding hydrogens is 325 g/mol. The average molecular weight is 343 g/mol. The molecule has 0 radical (unpaired) electrons. The lowest BCUT2D eigenvalue weighted by Crippen LogP contribution is -2.30. The maximum Gasteiger partial charge on any atom is 0.290 e. The average Bonchev–Trinajstić information content (AvgIpc) is 3.12. The Morgan fingerprint density at radius 3 is 2.48 bits per heavy atom. The first-order valence-corrected chi connectivity index (χ1v) is 8.00. The largest absolute Gasteiger partial charge is 0.503 e. The molecule has 25 heavy (non-hydrogen) atoms. The van der Waals surface area contributed by atoms with Crippen molar-refractivity contribution in [2.24, 2.45) is 0 Å². The first kappa shape index (κ1) is 17.0. The van der Waals surface area contributed by atoms with Crippen LogP contribution in [-0.4, -0.2) is 21.7 Å². The van der Waals surface area contributed by atoms with Gasteiger partial charge in [-0.1, -0.05) is 19.1 Å². The first-order valence-electron chi connectivity index (χ1n) is 8.00. The van der Waals surface area contributed by atoms with Crippen LogP contribution < -0.4 is 0 Å². The summed E-state index contributed by atoms with van der Waals surface area (Å²) in [5.74, 6) is -0.829. The fourth-order valence-electron chi connectivity index (χ4n) is 2.97. The molecule has 1 amide bonds. The highest BCUT2D eigenvalue weighted by atomic mass is 19.1. The molecule has 1 aromatic heterocycles. The predicted molar refractivity (Wildman–Crippen MR) is 88.1 cm³/mol. The summed E-state index contributed by atoms with van der Waals surface area (Å²) in [6.07, 6.45) is 0.160. The Hall–Kier alpha value is -2.89. The molecule has 3 rings (SSSR count). The molecule has 1 atom stereocenters. The van der Waals surface area contributed by atoms with Crippen LogP contribution in [0.15, 0.2) is 52.1 Å². The van der Waals surface area contributed by atoms with Crippen LogP contribution in [-0.2, 0) is 16.1 Å². The Bertz CT molecular complexity index is 851. The van der Waals surface area contributed by atoms with Gasteiger partial charge in [0.2, 0.25) is 0 Å². The van der Waals surface area contributed by atoms with Crippen molar-refractivity contribution < 1.29 is 23.5 Å². The molecule has 0 saturated carbocycles. The number of benzene rings is 1. The van der Waals surface area contributed by atoms with Crippen molar-refractivity contribution in [3.63, 3.8) is 0 Å². The van der Waals surface area contributed by atoms with E-state index in [1.807, 2.05) is 0 Å². The number of nitrogens with zero attached hydrogens (tertiary/aromatic N) is 1. The van der Waals surface area contributed by atoms with Crippen molar-refractivity contribution >= 4 is 11.7 Å². The number of aryl methyl sites for hydroxylation is 1. The van der Waals surface area contributed by atoms with Crippen LogP contribution in [0.4, 0.5) is 4.39 Å². The third-order valence-electron chi connectivity index (χ3n) is 4.22. The van der Waals surface area contributed by atoms with Crippen LogP contribution in [0, 0.1) is 12.7 Å². The number of aliphatic hydroxyl groups is 1. The Kier molecular flexibility index (Phi) is 4.44. The highest BCUT2D eigenvalue weighted by molar-refractivity contribution is 6.08. The van der Waals surface area contributed by atoms with Crippen molar-refractivity contribution in [1.82, 2.24) is 4.90 Å². The van der Waals surface area contributed by atoms with Gasteiger partial charge in [-0.2, -0.15) is 0 Å². The Balaban J connectivity index is 2.02. The number of aliphatic hydroxyl groups excluding tert-OH is 1. The minimum absolute atomic E-state index is 0.0453. The molecule has 1 aromatic carbocycles. The van der Waals surface area contributed by atoms with E-state index in [2.05, 4.69) is 0 Å². The molecule has 0 saturated heterocycles. The molecule has 1 N–H and O–H groups in total. The van der Waals surface area contributed by atoms with Crippen LogP contribution in [0.2, 0.25) is 0 Å². The molecule has 6 heteroatoms. The van der Waals surface area contributed by atoms with E-state index in [9.17, 15) is 19.1 Å². The molecule has 0 spiro atoms. The quantitative estimate of drug-likeness (QED) is 0.900. The summed E-state index contributed by atoms with van der Waals surface area (Å²) in [5.41, 5.74) is 0.727. The van der Waals surface area contributed by atoms with E-state index in [0.717, 1.165) is 0 Å². The van der Waals surface area contributed by atoms with Gasteiger partial charge in [-0.25, -0.2) is 4.39 Å². The van der Waals surface area contributed by atoms with Gasteiger partial charge >= 0.3 is 0 Å². The topological polar surface area (TPSA) is 70.8 Å². The first-order chi connectivity index (χ1) is 11.9. The van der Waals surface area contributed by atoms with Crippen LogP contribution >= 0.6 is 0 Å². The number of halogens is 1. The fraction of sp³-hybridized carbons (Fsp3) is 0.263. The van der Waals surface area contributed by atoms with Crippen molar-refractivity contribution in [3.8, 4) is 0 Å². The van der Waals surface area contributed by atoms with Gasteiger partial charge in [0.1, 0.15) is 23.4 Å². The molecular formula is C19H18FNO4. The number of furan rings is 1. The minimum atomic E-state index is -0.793. The lowest BCUT2D eigenvalue weighted by Gasteiger charge is -2.25. The maximum absolute atomic E-state index is 13.1. The molecule has 0 bridgehead atoms. The second kappa shape index (κ2) is 6.55. The lowest BCUT2D eigenvalue weighted by atomic mass is 9.99. The smallest absolute Gasteiger partial charge is 0.290 e. The summed E-state index contributed by atoms with van der Waals surface area (Å²) in [6.45, 7) is 3.55. The second-order valence-electron chi connectivity index (χ2n) is 5.95. The molecule has 130 valence electrons. The summed E-state index contributed by atoms with van der Waals surface area (Å²) in [4.78, 5) is 26.2. The number of carbonyl (C=O) groups is 2. The lowest BCUT2D eigenvalue weighted by molar-refractivity contribution is -0.130. The van der Waals surface area contributed by atoms with Crippen LogP contribution in [0.5, 0.6) is 0 Å². The van der Waals surface area contributed by atoms with E-state index in [4.69, 9.17) is 4.42 Å². The van der Waals surface area contributed by atoms with E-state index in [0.29, 0.717) is 17.1 Å². The van der Waals surface area contributed by atoms with Gasteiger partial charge in [0.25, 0.3) is 5.91 Å². The summed E-state index contributed by atoms with van der Waals surface area (Å²) < 4.78 is 18.7. The zero-order valence-corrected chi connectivity index (χ0v) is 14.0. The molecule has 1 unspecified atom stereocenters. The third kappa shape index (κ3) is 3.07. The predicted octanol–water partition coefficient (Wildman–Crippen LogP) is 3.60. The summed E-state index contributed by atoms with van der Waals surface area (Å²) in [7, 11) is 0. The van der Waals surface area contributed by atoms with Gasteiger partial charge < -0.3 is 14.4 Å². The van der Waals surface area contributed by atoms with Crippen molar-refractivity contribution in [1.29, 1.82) is 0 Å². The maximum atomic E-state index is 13.1. The van der Waals surface area contributed by atoms with E-state index >= 15 is 0 Å². The van der Waals surface area contributed by atoms with Gasteiger partial charge in [0, 0.05) is 13.0 Å². The minimum Gasteiger partial charge on any atom is -0.503 e. The van der Waals surface area contributed by atoms with Crippen molar-refractivity contribution in [2.45, 2.75) is 32.9 Å². The SMILES string of the molecule is CCC(=O)C1=C(O)C(=O)N(Cc2ccc(F)cc2)C1c1ccc(C)o1. The van der Waals surface area contributed by atoms with Gasteiger partial charge in [-0.15, -0.1) is 0 Å². The van der Waals surface area contributed by atoms with Crippen molar-refractivity contribution in [2.75, 3.05) is 0 Å². The number of hydrogen-bond acceptors (Lipinski definition) is 4. The Labute approximate surface area is 144 Å². The number of Topliss-reactive ketones (excluding diaryl/α,β-unsaturated/α-hetero) is 1. The molecule has 1 aliphatic rings. The highest BCUT2D eigenvalue weighted by Gasteiger charge is 2.44. The second-order valence-corrected chi connectivity index (χ2v) is 5.95. The van der Waals surface area contributed by atoms with Gasteiger partial charge in [0.15, 0.2) is 11.5 Å². The van der Waals surface area contributed by atoms with Crippen LogP contribution in [0.3, 0.4) is 0 Å². The molecule has 5 nitrogen and oxygen atoms in total. The third-order valence-corrected chi connectivity index (χ3v) is 4.22. The van der Waals surface area contributed by atoms with Crippen LogP contribution in [0.25, 0.3) is 0 Å². The monoisotopic (exact) mass is 343 g/mol. The van der Waals surface area contributed by atoms with Gasteiger partial charge in [0.05, 0.1) is 5.57 Å². The zero-order valence-electron chi connectivity index (χ0n) is 14.0. The normalized spacial score (nSPS) is 17.5. The van der Waals surface area contributed by atoms with E-state index in [1.165, 1.54) is 17.0 Å². The number of ketones is 1. The molecule has 0 aliphatic carbocycles. The van der Waals surface area contributed by atoms with Crippen LogP contribution in [0.1, 0.15) is 36.5 Å². The number of carbonyl (C=O) groups excluding carboxylic acids is 2. The number of hydrogen-bond donors (Lipinski definition) is 1. The molecule has 0 fully saturated rings. The van der Waals surface area contributed by atoms with Gasteiger partial charge in [-0.05, 0) is 36.8 Å². The van der Waals surface area contributed by atoms with E-state index in [-0.39, 0.29) is 30.1 Å². The summed E-state index contributed by atoms with van der Waals surface area (Å²) >= 11 is 0. The number of amides is 1. The number of rotatable bonds is 5.